The Morgan fingerprint density at radius 3 is 2.53 bits per heavy atom. The number of hydrogen-bond acceptors (Lipinski definition) is 5. The molecule has 1 aromatic rings. The van der Waals surface area contributed by atoms with E-state index in [2.05, 4.69) is 5.32 Å². The van der Waals surface area contributed by atoms with Crippen LogP contribution < -0.4 is 14.6 Å². The molecule has 1 atom stereocenters. The van der Waals surface area contributed by atoms with Gasteiger partial charge in [0.2, 0.25) is 0 Å². The van der Waals surface area contributed by atoms with Crippen molar-refractivity contribution in [3.05, 3.63) is 24.3 Å². The van der Waals surface area contributed by atoms with E-state index >= 15 is 0 Å². The predicted molar refractivity (Wildman–Crippen MR) is 61.9 cm³/mol. The van der Waals surface area contributed by atoms with E-state index < -0.39 is 7.60 Å². The van der Waals surface area contributed by atoms with Crippen LogP contribution in [0.2, 0.25) is 0 Å². The molecule has 0 bridgehead atoms. The molecule has 0 saturated carbocycles. The Morgan fingerprint density at radius 1 is 1.41 bits per heavy atom. The lowest BCUT2D eigenvalue weighted by atomic mass is 10.3. The van der Waals surface area contributed by atoms with Gasteiger partial charge in [-0.15, -0.1) is 0 Å². The molecule has 0 heterocycles. The quantitative estimate of drug-likeness (QED) is 0.453. The van der Waals surface area contributed by atoms with Crippen LogP contribution >= 0.6 is 7.60 Å². The first kappa shape index (κ1) is 13.5. The zero-order chi connectivity index (χ0) is 12.7. The van der Waals surface area contributed by atoms with Crippen molar-refractivity contribution in [1.29, 1.82) is 5.26 Å². The first-order valence-corrected chi connectivity index (χ1v) is 6.57. The third-order valence-electron chi connectivity index (χ3n) is 1.82. The van der Waals surface area contributed by atoms with Crippen LogP contribution in [0.5, 0.6) is 11.5 Å². The number of hydrogen-bond donors (Lipinski definition) is 2. The van der Waals surface area contributed by atoms with Crippen molar-refractivity contribution >= 4 is 7.60 Å². The third kappa shape index (κ3) is 4.87. The second-order valence-corrected chi connectivity index (χ2v) is 4.92. The molecule has 0 spiro atoms. The summed E-state index contributed by atoms with van der Waals surface area (Å²) in [4.78, 5) is 9.45. The fourth-order valence-electron chi connectivity index (χ4n) is 1.09. The average molecular weight is 256 g/mol. The standard InChI is InChI=1S/C10H13N2O4P/c1-15-9-2-4-10(5-3-9)16-17(13,14)8-12-7-6-11/h2-5,12H,7-8H2,1H3,(H,13,14). The van der Waals surface area contributed by atoms with Crippen molar-refractivity contribution in [2.75, 3.05) is 19.9 Å². The molecule has 1 aromatic carbocycles. The van der Waals surface area contributed by atoms with Gasteiger partial charge in [-0.05, 0) is 24.3 Å². The second-order valence-electron chi connectivity index (χ2n) is 3.15. The summed E-state index contributed by atoms with van der Waals surface area (Å²) >= 11 is 0. The normalized spacial score (nSPS) is 13.5. The Labute approximate surface area is 99.3 Å². The molecule has 0 saturated heterocycles. The summed E-state index contributed by atoms with van der Waals surface area (Å²) in [7, 11) is -2.24. The minimum atomic E-state index is -3.77. The van der Waals surface area contributed by atoms with Crippen molar-refractivity contribution in [3.63, 3.8) is 0 Å². The first-order valence-electron chi connectivity index (χ1n) is 4.80. The molecule has 6 nitrogen and oxygen atoms in total. The van der Waals surface area contributed by atoms with E-state index in [0.717, 1.165) is 0 Å². The SMILES string of the molecule is COc1ccc(OP(=O)(O)CNCC#N)cc1. The molecule has 0 aromatic heterocycles. The lowest BCUT2D eigenvalue weighted by Gasteiger charge is -2.13. The summed E-state index contributed by atoms with van der Waals surface area (Å²) in [5, 5.41) is 10.8. The number of methoxy groups -OCH3 is 1. The van der Waals surface area contributed by atoms with Gasteiger partial charge in [-0.1, -0.05) is 0 Å². The maximum Gasteiger partial charge on any atom is 0.390 e. The van der Waals surface area contributed by atoms with Gasteiger partial charge in [0.25, 0.3) is 0 Å². The van der Waals surface area contributed by atoms with Crippen LogP contribution in [-0.4, -0.2) is 24.8 Å². The van der Waals surface area contributed by atoms with Gasteiger partial charge in [0.15, 0.2) is 0 Å². The molecule has 7 heteroatoms. The molecular formula is C10H13N2O4P. The van der Waals surface area contributed by atoms with Crippen LogP contribution in [0.1, 0.15) is 0 Å². The topological polar surface area (TPSA) is 91.6 Å². The van der Waals surface area contributed by atoms with Gasteiger partial charge in [-0.25, -0.2) is 4.57 Å². The minimum absolute atomic E-state index is 0.00345. The van der Waals surface area contributed by atoms with E-state index in [1.165, 1.54) is 19.2 Å². The number of nitriles is 1. The second kappa shape index (κ2) is 6.26. The van der Waals surface area contributed by atoms with Gasteiger partial charge in [-0.2, -0.15) is 5.26 Å². The van der Waals surface area contributed by atoms with E-state index in [0.29, 0.717) is 5.75 Å². The average Bonchev–Trinajstić information content (AvgIpc) is 2.30. The zero-order valence-electron chi connectivity index (χ0n) is 9.29. The smallest absolute Gasteiger partial charge is 0.390 e. The molecule has 0 aliphatic rings. The molecule has 17 heavy (non-hydrogen) atoms. The van der Waals surface area contributed by atoms with Crippen molar-refractivity contribution in [2.45, 2.75) is 0 Å². The summed E-state index contributed by atoms with van der Waals surface area (Å²) in [6.07, 6.45) is -0.271. The fraction of sp³-hybridized carbons (Fsp3) is 0.300. The number of ether oxygens (including phenoxy) is 1. The largest absolute Gasteiger partial charge is 0.497 e. The maximum atomic E-state index is 11.5. The lowest BCUT2D eigenvalue weighted by Crippen LogP contribution is -2.17. The molecular weight excluding hydrogens is 243 g/mol. The van der Waals surface area contributed by atoms with E-state index in [1.807, 2.05) is 0 Å². The van der Waals surface area contributed by atoms with Gasteiger partial charge in [0.05, 0.1) is 19.7 Å². The molecule has 0 amide bonds. The molecule has 2 N–H and O–H groups in total. The molecule has 1 unspecified atom stereocenters. The van der Waals surface area contributed by atoms with E-state index in [-0.39, 0.29) is 18.6 Å². The summed E-state index contributed by atoms with van der Waals surface area (Å²) in [6.45, 7) is -0.00345. The van der Waals surface area contributed by atoms with Gasteiger partial charge in [0.1, 0.15) is 17.8 Å². The Balaban J connectivity index is 2.57. The highest BCUT2D eigenvalue weighted by atomic mass is 31.2. The molecule has 0 aliphatic heterocycles. The van der Waals surface area contributed by atoms with Crippen LogP contribution in [0, 0.1) is 11.3 Å². The highest BCUT2D eigenvalue weighted by Crippen LogP contribution is 2.41. The number of nitrogens with one attached hydrogen (secondary N) is 1. The van der Waals surface area contributed by atoms with Crippen molar-refractivity contribution < 1.29 is 18.7 Å². The van der Waals surface area contributed by atoms with Crippen LogP contribution in [0.15, 0.2) is 24.3 Å². The fourth-order valence-corrected chi connectivity index (χ4v) is 2.00. The summed E-state index contributed by atoms with van der Waals surface area (Å²) in [5.74, 6) is 0.906. The highest BCUT2D eigenvalue weighted by molar-refractivity contribution is 7.53. The first-order chi connectivity index (χ1) is 8.07. The van der Waals surface area contributed by atoms with Gasteiger partial charge in [-0.3, -0.25) is 5.32 Å². The maximum absolute atomic E-state index is 11.5. The van der Waals surface area contributed by atoms with Crippen molar-refractivity contribution in [2.24, 2.45) is 0 Å². The molecule has 0 radical (unpaired) electrons. The molecule has 92 valence electrons. The molecule has 0 fully saturated rings. The third-order valence-corrected chi connectivity index (χ3v) is 2.94. The summed E-state index contributed by atoms with van der Waals surface area (Å²) < 4.78 is 21.4. The van der Waals surface area contributed by atoms with Crippen LogP contribution in [-0.2, 0) is 4.57 Å². The van der Waals surface area contributed by atoms with Gasteiger partial charge < -0.3 is 14.2 Å². The van der Waals surface area contributed by atoms with Crippen LogP contribution in [0.25, 0.3) is 0 Å². The van der Waals surface area contributed by atoms with Crippen molar-refractivity contribution in [1.82, 2.24) is 5.32 Å². The number of nitrogens with zero attached hydrogens (tertiary/aromatic N) is 1. The lowest BCUT2D eigenvalue weighted by molar-refractivity contribution is 0.374. The van der Waals surface area contributed by atoms with E-state index in [9.17, 15) is 9.46 Å². The monoisotopic (exact) mass is 256 g/mol. The Kier molecular flexibility index (Phi) is 4.98. The van der Waals surface area contributed by atoms with Gasteiger partial charge >= 0.3 is 7.60 Å². The van der Waals surface area contributed by atoms with Gasteiger partial charge in [0, 0.05) is 0 Å². The van der Waals surface area contributed by atoms with Crippen LogP contribution in [0.4, 0.5) is 0 Å². The zero-order valence-corrected chi connectivity index (χ0v) is 10.2. The Bertz CT molecular complexity index is 441. The van der Waals surface area contributed by atoms with Crippen molar-refractivity contribution in [3.8, 4) is 17.6 Å². The van der Waals surface area contributed by atoms with Crippen LogP contribution in [0.3, 0.4) is 0 Å². The number of rotatable bonds is 6. The summed E-state index contributed by atoms with van der Waals surface area (Å²) in [5.41, 5.74) is 0. The Hall–Kier alpha value is -1.54. The Morgan fingerprint density at radius 2 is 2.00 bits per heavy atom. The molecule has 1 rings (SSSR count). The van der Waals surface area contributed by atoms with E-state index in [1.54, 1.807) is 18.2 Å². The predicted octanol–water partition coefficient (Wildman–Crippen LogP) is 1.33. The van der Waals surface area contributed by atoms with E-state index in [4.69, 9.17) is 14.5 Å². The minimum Gasteiger partial charge on any atom is -0.497 e. The highest BCUT2D eigenvalue weighted by Gasteiger charge is 2.20. The number of benzene rings is 1. The summed E-state index contributed by atoms with van der Waals surface area (Å²) in [6, 6.07) is 8.12. The molecule has 0 aliphatic carbocycles.